The Morgan fingerprint density at radius 1 is 1.25 bits per heavy atom. The van der Waals surface area contributed by atoms with Crippen LogP contribution >= 0.6 is 0 Å². The van der Waals surface area contributed by atoms with E-state index in [1.807, 2.05) is 25.1 Å². The minimum atomic E-state index is 0.0251. The van der Waals surface area contributed by atoms with Crippen molar-refractivity contribution in [1.82, 2.24) is 4.98 Å². The molecule has 0 radical (unpaired) electrons. The van der Waals surface area contributed by atoms with E-state index in [-0.39, 0.29) is 5.75 Å². The van der Waals surface area contributed by atoms with Gasteiger partial charge in [-0.1, -0.05) is 6.07 Å². The van der Waals surface area contributed by atoms with Crippen molar-refractivity contribution >= 4 is 6.29 Å². The zero-order valence-electron chi connectivity index (χ0n) is 11.4. The second kappa shape index (κ2) is 6.70. The monoisotopic (exact) mass is 271 g/mol. The second-order valence-corrected chi connectivity index (χ2v) is 4.43. The summed E-state index contributed by atoms with van der Waals surface area (Å²) >= 11 is 0. The van der Waals surface area contributed by atoms with Gasteiger partial charge in [-0.2, -0.15) is 0 Å². The van der Waals surface area contributed by atoms with Crippen LogP contribution in [-0.4, -0.2) is 23.0 Å². The first-order valence-corrected chi connectivity index (χ1v) is 6.57. The molecule has 0 aliphatic heterocycles. The van der Waals surface area contributed by atoms with Crippen molar-refractivity contribution in [2.75, 3.05) is 6.61 Å². The molecule has 0 saturated carbocycles. The van der Waals surface area contributed by atoms with Crippen LogP contribution in [0, 0.1) is 0 Å². The fourth-order valence-corrected chi connectivity index (χ4v) is 1.93. The summed E-state index contributed by atoms with van der Waals surface area (Å²) in [7, 11) is 0. The van der Waals surface area contributed by atoms with Crippen molar-refractivity contribution in [3.05, 3.63) is 53.3 Å². The van der Waals surface area contributed by atoms with Crippen LogP contribution < -0.4 is 4.74 Å². The molecule has 0 aliphatic rings. The summed E-state index contributed by atoms with van der Waals surface area (Å²) in [5.74, 6) is 0.793. The second-order valence-electron chi connectivity index (χ2n) is 4.43. The highest BCUT2D eigenvalue weighted by Crippen LogP contribution is 2.18. The summed E-state index contributed by atoms with van der Waals surface area (Å²) in [4.78, 5) is 14.9. The Labute approximate surface area is 118 Å². The average molecular weight is 271 g/mol. The molecule has 1 heterocycles. The lowest BCUT2D eigenvalue weighted by atomic mass is 10.1. The Kier molecular flexibility index (Phi) is 4.71. The SMILES string of the molecule is CCOc1ccc(CCc2ccc(C=O)c(O)c2)nc1. The summed E-state index contributed by atoms with van der Waals surface area (Å²) in [5, 5.41) is 9.62. The summed E-state index contributed by atoms with van der Waals surface area (Å²) < 4.78 is 5.34. The third kappa shape index (κ3) is 3.57. The summed E-state index contributed by atoms with van der Waals surface area (Å²) in [6.45, 7) is 2.56. The van der Waals surface area contributed by atoms with Crippen LogP contribution in [0.4, 0.5) is 0 Å². The van der Waals surface area contributed by atoms with E-state index in [1.54, 1.807) is 18.3 Å². The lowest BCUT2D eigenvalue weighted by Gasteiger charge is -2.05. The molecule has 4 heteroatoms. The van der Waals surface area contributed by atoms with Crippen LogP contribution in [0.3, 0.4) is 0 Å². The molecule has 104 valence electrons. The molecule has 4 nitrogen and oxygen atoms in total. The van der Waals surface area contributed by atoms with Crippen molar-refractivity contribution in [1.29, 1.82) is 0 Å². The van der Waals surface area contributed by atoms with E-state index in [1.165, 1.54) is 0 Å². The van der Waals surface area contributed by atoms with Gasteiger partial charge in [-0.3, -0.25) is 9.78 Å². The first-order chi connectivity index (χ1) is 9.72. The van der Waals surface area contributed by atoms with Crippen molar-refractivity contribution in [3.63, 3.8) is 0 Å². The molecular weight excluding hydrogens is 254 g/mol. The van der Waals surface area contributed by atoms with Crippen LogP contribution in [0.5, 0.6) is 11.5 Å². The van der Waals surface area contributed by atoms with Crippen LogP contribution in [0.25, 0.3) is 0 Å². The van der Waals surface area contributed by atoms with Crippen LogP contribution in [-0.2, 0) is 12.8 Å². The van der Waals surface area contributed by atoms with E-state index in [0.29, 0.717) is 18.5 Å². The number of rotatable bonds is 6. The Morgan fingerprint density at radius 3 is 2.70 bits per heavy atom. The maximum atomic E-state index is 10.6. The predicted octanol–water partition coefficient (Wildman–Crippen LogP) is 2.78. The van der Waals surface area contributed by atoms with Gasteiger partial charge in [-0.15, -0.1) is 0 Å². The van der Waals surface area contributed by atoms with Crippen LogP contribution in [0.15, 0.2) is 36.5 Å². The van der Waals surface area contributed by atoms with Gasteiger partial charge in [-0.05, 0) is 49.6 Å². The largest absolute Gasteiger partial charge is 0.507 e. The molecule has 2 rings (SSSR count). The van der Waals surface area contributed by atoms with E-state index < -0.39 is 0 Å². The summed E-state index contributed by atoms with van der Waals surface area (Å²) in [6.07, 6.45) is 3.89. The van der Waals surface area contributed by atoms with Crippen molar-refractivity contribution in [2.24, 2.45) is 0 Å². The summed E-state index contributed by atoms with van der Waals surface area (Å²) in [5.41, 5.74) is 2.25. The van der Waals surface area contributed by atoms with Crippen LogP contribution in [0.2, 0.25) is 0 Å². The number of hydrogen-bond acceptors (Lipinski definition) is 4. The van der Waals surface area contributed by atoms with Crippen molar-refractivity contribution in [2.45, 2.75) is 19.8 Å². The van der Waals surface area contributed by atoms with Crippen molar-refractivity contribution < 1.29 is 14.6 Å². The number of phenols is 1. The summed E-state index contributed by atoms with van der Waals surface area (Å²) in [6, 6.07) is 8.93. The Bertz CT molecular complexity index is 579. The molecule has 0 aliphatic carbocycles. The van der Waals surface area contributed by atoms with E-state index in [2.05, 4.69) is 4.98 Å². The normalized spacial score (nSPS) is 10.2. The van der Waals surface area contributed by atoms with E-state index >= 15 is 0 Å². The maximum absolute atomic E-state index is 10.6. The smallest absolute Gasteiger partial charge is 0.153 e. The van der Waals surface area contributed by atoms with Gasteiger partial charge in [0.2, 0.25) is 0 Å². The van der Waals surface area contributed by atoms with E-state index in [4.69, 9.17) is 4.74 Å². The highest BCUT2D eigenvalue weighted by Gasteiger charge is 2.03. The van der Waals surface area contributed by atoms with Gasteiger partial charge >= 0.3 is 0 Å². The number of hydrogen-bond donors (Lipinski definition) is 1. The van der Waals surface area contributed by atoms with Gasteiger partial charge in [0.05, 0.1) is 18.4 Å². The lowest BCUT2D eigenvalue weighted by molar-refractivity contribution is 0.112. The third-order valence-corrected chi connectivity index (χ3v) is 3.00. The number of aldehydes is 1. The van der Waals surface area contributed by atoms with Gasteiger partial charge in [0, 0.05) is 5.69 Å². The fourth-order valence-electron chi connectivity index (χ4n) is 1.93. The van der Waals surface area contributed by atoms with E-state index in [9.17, 15) is 9.90 Å². The molecule has 0 atom stereocenters. The molecule has 0 fully saturated rings. The molecule has 1 N–H and O–H groups in total. The predicted molar refractivity (Wildman–Crippen MR) is 76.3 cm³/mol. The van der Waals surface area contributed by atoms with Gasteiger partial charge in [0.25, 0.3) is 0 Å². The minimum absolute atomic E-state index is 0.0251. The Hall–Kier alpha value is -2.36. The minimum Gasteiger partial charge on any atom is -0.507 e. The number of aryl methyl sites for hydroxylation is 2. The molecule has 0 amide bonds. The molecule has 0 unspecified atom stereocenters. The highest BCUT2D eigenvalue weighted by atomic mass is 16.5. The molecule has 0 spiro atoms. The number of carbonyl (C=O) groups is 1. The first-order valence-electron chi connectivity index (χ1n) is 6.57. The molecule has 1 aromatic carbocycles. The molecule has 2 aromatic rings. The fraction of sp³-hybridized carbons (Fsp3) is 0.250. The van der Waals surface area contributed by atoms with E-state index in [0.717, 1.165) is 29.8 Å². The average Bonchev–Trinajstić information content (AvgIpc) is 2.47. The van der Waals surface area contributed by atoms with Crippen molar-refractivity contribution in [3.8, 4) is 11.5 Å². The van der Waals surface area contributed by atoms with Gasteiger partial charge in [0.15, 0.2) is 6.29 Å². The molecule has 1 aromatic heterocycles. The molecule has 20 heavy (non-hydrogen) atoms. The zero-order valence-corrected chi connectivity index (χ0v) is 11.4. The zero-order chi connectivity index (χ0) is 14.4. The molecule has 0 bridgehead atoms. The number of aromatic hydroxyl groups is 1. The Balaban J connectivity index is 1.97. The maximum Gasteiger partial charge on any atom is 0.153 e. The number of phenolic OH excluding ortho intramolecular Hbond substituents is 1. The number of nitrogens with zero attached hydrogens (tertiary/aromatic N) is 1. The van der Waals surface area contributed by atoms with Gasteiger partial charge < -0.3 is 9.84 Å². The van der Waals surface area contributed by atoms with Gasteiger partial charge in [-0.25, -0.2) is 0 Å². The lowest BCUT2D eigenvalue weighted by Crippen LogP contribution is -1.97. The third-order valence-electron chi connectivity index (χ3n) is 3.00. The first kappa shape index (κ1) is 14.1. The quantitative estimate of drug-likeness (QED) is 0.821. The molecule has 0 saturated heterocycles. The van der Waals surface area contributed by atoms with Gasteiger partial charge in [0.1, 0.15) is 11.5 Å². The number of aromatic nitrogens is 1. The standard InChI is InChI=1S/C16H17NO3/c1-2-20-15-8-7-14(17-10-15)6-4-12-3-5-13(11-18)16(19)9-12/h3,5,7-11,19H,2,4,6H2,1H3. The number of carbonyl (C=O) groups excluding carboxylic acids is 1. The Morgan fingerprint density at radius 2 is 2.10 bits per heavy atom. The highest BCUT2D eigenvalue weighted by molar-refractivity contribution is 5.79. The molecular formula is C16H17NO3. The number of benzene rings is 1. The topological polar surface area (TPSA) is 59.4 Å². The number of pyridine rings is 1. The van der Waals surface area contributed by atoms with Crippen LogP contribution in [0.1, 0.15) is 28.5 Å². The number of ether oxygens (including phenoxy) is 1.